The summed E-state index contributed by atoms with van der Waals surface area (Å²) in [6, 6.07) is 9.15. The van der Waals surface area contributed by atoms with E-state index >= 15 is 0 Å². The predicted octanol–water partition coefficient (Wildman–Crippen LogP) is 1.30. The number of aryl methyl sites for hydroxylation is 1. The van der Waals surface area contributed by atoms with E-state index in [0.29, 0.717) is 12.8 Å². The number of hydrogen-bond donors (Lipinski definition) is 1. The number of amides is 1. The molecule has 1 aromatic carbocycles. The monoisotopic (exact) mass is 235 g/mol. The highest BCUT2D eigenvalue weighted by molar-refractivity contribution is 5.84. The fourth-order valence-electron chi connectivity index (χ4n) is 1.45. The van der Waals surface area contributed by atoms with Crippen LogP contribution in [0.25, 0.3) is 0 Å². The van der Waals surface area contributed by atoms with Gasteiger partial charge < -0.3 is 10.1 Å². The van der Waals surface area contributed by atoms with Crippen LogP contribution in [0.5, 0.6) is 0 Å². The molecule has 0 aliphatic rings. The molecule has 0 fully saturated rings. The molecule has 1 rings (SSSR count). The van der Waals surface area contributed by atoms with Gasteiger partial charge in [-0.3, -0.25) is 4.79 Å². The maximum atomic E-state index is 11.5. The Morgan fingerprint density at radius 1 is 1.29 bits per heavy atom. The Morgan fingerprint density at radius 3 is 2.53 bits per heavy atom. The number of carbonyl (C=O) groups excluding carboxylic acids is 2. The molecule has 92 valence electrons. The van der Waals surface area contributed by atoms with Gasteiger partial charge in [-0.2, -0.15) is 0 Å². The van der Waals surface area contributed by atoms with Gasteiger partial charge in [-0.25, -0.2) is 4.79 Å². The lowest BCUT2D eigenvalue weighted by Crippen LogP contribution is -2.39. The fourth-order valence-corrected chi connectivity index (χ4v) is 1.45. The van der Waals surface area contributed by atoms with Crippen molar-refractivity contribution >= 4 is 11.9 Å². The van der Waals surface area contributed by atoms with E-state index in [9.17, 15) is 9.59 Å². The van der Waals surface area contributed by atoms with Gasteiger partial charge in [0.1, 0.15) is 6.04 Å². The predicted molar refractivity (Wildman–Crippen MR) is 64.4 cm³/mol. The second kappa shape index (κ2) is 6.68. The number of hydrogen-bond acceptors (Lipinski definition) is 3. The van der Waals surface area contributed by atoms with Crippen LogP contribution in [0.4, 0.5) is 0 Å². The van der Waals surface area contributed by atoms with Gasteiger partial charge in [0.2, 0.25) is 5.91 Å². The molecular formula is C13H17NO3. The Labute approximate surface area is 101 Å². The second-order valence-electron chi connectivity index (χ2n) is 3.80. The van der Waals surface area contributed by atoms with Crippen LogP contribution in [0.2, 0.25) is 0 Å². The molecule has 1 aromatic rings. The molecule has 0 spiro atoms. The first-order valence-corrected chi connectivity index (χ1v) is 5.54. The zero-order valence-electron chi connectivity index (χ0n) is 10.1. The summed E-state index contributed by atoms with van der Waals surface area (Å²) in [6.45, 7) is 1.60. The average Bonchev–Trinajstić information content (AvgIpc) is 2.36. The quantitative estimate of drug-likeness (QED) is 0.782. The molecule has 0 saturated carbocycles. The van der Waals surface area contributed by atoms with Crippen molar-refractivity contribution in [1.82, 2.24) is 5.32 Å². The third kappa shape index (κ3) is 4.68. The van der Waals surface area contributed by atoms with E-state index < -0.39 is 12.0 Å². The number of rotatable bonds is 5. The van der Waals surface area contributed by atoms with E-state index in [1.807, 2.05) is 30.3 Å². The molecule has 17 heavy (non-hydrogen) atoms. The highest BCUT2D eigenvalue weighted by Gasteiger charge is 2.15. The summed E-state index contributed by atoms with van der Waals surface area (Å²) in [4.78, 5) is 22.6. The molecule has 4 nitrogen and oxygen atoms in total. The standard InChI is InChI=1S/C13H17NO3/c1-10(13(16)17-2)14-12(15)9-8-11-6-4-3-5-7-11/h3-7,10H,8-9H2,1-2H3,(H,14,15)/t10-/m0/s1. The minimum atomic E-state index is -0.594. The smallest absolute Gasteiger partial charge is 0.328 e. The summed E-state index contributed by atoms with van der Waals surface area (Å²) in [6.07, 6.45) is 1.03. The second-order valence-corrected chi connectivity index (χ2v) is 3.80. The van der Waals surface area contributed by atoms with Gasteiger partial charge in [0, 0.05) is 6.42 Å². The molecule has 0 saturated heterocycles. The molecule has 0 radical (unpaired) electrons. The van der Waals surface area contributed by atoms with Gasteiger partial charge in [0.05, 0.1) is 7.11 Å². The molecule has 1 atom stereocenters. The highest BCUT2D eigenvalue weighted by atomic mass is 16.5. The van der Waals surface area contributed by atoms with Gasteiger partial charge in [-0.05, 0) is 18.9 Å². The summed E-state index contributed by atoms with van der Waals surface area (Å²) in [5, 5.41) is 2.59. The summed E-state index contributed by atoms with van der Waals surface area (Å²) in [5.74, 6) is -0.579. The van der Waals surface area contributed by atoms with E-state index in [-0.39, 0.29) is 5.91 Å². The summed E-state index contributed by atoms with van der Waals surface area (Å²) >= 11 is 0. The van der Waals surface area contributed by atoms with Crippen LogP contribution in [-0.2, 0) is 20.7 Å². The molecule has 0 bridgehead atoms. The fraction of sp³-hybridized carbons (Fsp3) is 0.385. The van der Waals surface area contributed by atoms with Crippen LogP contribution in [0.1, 0.15) is 18.9 Å². The molecule has 0 heterocycles. The average molecular weight is 235 g/mol. The molecule has 0 aliphatic carbocycles. The summed E-state index contributed by atoms with van der Waals surface area (Å²) in [7, 11) is 1.30. The number of carbonyl (C=O) groups is 2. The van der Waals surface area contributed by atoms with Gasteiger partial charge in [0.15, 0.2) is 0 Å². The first-order chi connectivity index (χ1) is 8.13. The molecular weight excluding hydrogens is 218 g/mol. The highest BCUT2D eigenvalue weighted by Crippen LogP contribution is 2.02. The van der Waals surface area contributed by atoms with E-state index in [1.165, 1.54) is 7.11 Å². The van der Waals surface area contributed by atoms with Crippen LogP contribution in [0, 0.1) is 0 Å². The first-order valence-electron chi connectivity index (χ1n) is 5.54. The Balaban J connectivity index is 2.33. The number of nitrogens with one attached hydrogen (secondary N) is 1. The number of benzene rings is 1. The van der Waals surface area contributed by atoms with Crippen molar-refractivity contribution in [3.8, 4) is 0 Å². The maximum Gasteiger partial charge on any atom is 0.328 e. The lowest BCUT2D eigenvalue weighted by molar-refractivity contribution is -0.144. The number of ether oxygens (including phenoxy) is 1. The number of esters is 1. The van der Waals surface area contributed by atoms with E-state index in [1.54, 1.807) is 6.92 Å². The Hall–Kier alpha value is -1.84. The van der Waals surface area contributed by atoms with Crippen molar-refractivity contribution in [2.45, 2.75) is 25.8 Å². The molecule has 0 aromatic heterocycles. The number of methoxy groups -OCH3 is 1. The summed E-state index contributed by atoms with van der Waals surface area (Å²) < 4.78 is 4.52. The minimum absolute atomic E-state index is 0.147. The van der Waals surface area contributed by atoms with Crippen LogP contribution >= 0.6 is 0 Å². The zero-order valence-corrected chi connectivity index (χ0v) is 10.1. The first kappa shape index (κ1) is 13.2. The maximum absolute atomic E-state index is 11.5. The SMILES string of the molecule is COC(=O)[C@H](C)NC(=O)CCc1ccccc1. The largest absolute Gasteiger partial charge is 0.467 e. The van der Waals surface area contributed by atoms with Crippen LogP contribution in [0.3, 0.4) is 0 Å². The lowest BCUT2D eigenvalue weighted by Gasteiger charge is -2.11. The van der Waals surface area contributed by atoms with Gasteiger partial charge in [-0.15, -0.1) is 0 Å². The van der Waals surface area contributed by atoms with Crippen molar-refractivity contribution in [1.29, 1.82) is 0 Å². The van der Waals surface area contributed by atoms with Crippen LogP contribution < -0.4 is 5.32 Å². The lowest BCUT2D eigenvalue weighted by atomic mass is 10.1. The van der Waals surface area contributed by atoms with E-state index in [0.717, 1.165) is 5.56 Å². The van der Waals surface area contributed by atoms with E-state index in [2.05, 4.69) is 10.1 Å². The van der Waals surface area contributed by atoms with Crippen LogP contribution in [-0.4, -0.2) is 25.0 Å². The van der Waals surface area contributed by atoms with Gasteiger partial charge >= 0.3 is 5.97 Å². The molecule has 1 N–H and O–H groups in total. The van der Waals surface area contributed by atoms with Crippen molar-refractivity contribution in [2.75, 3.05) is 7.11 Å². The minimum Gasteiger partial charge on any atom is -0.467 e. The van der Waals surface area contributed by atoms with Crippen molar-refractivity contribution in [3.63, 3.8) is 0 Å². The Morgan fingerprint density at radius 2 is 1.94 bits per heavy atom. The van der Waals surface area contributed by atoms with Crippen LogP contribution in [0.15, 0.2) is 30.3 Å². The van der Waals surface area contributed by atoms with E-state index in [4.69, 9.17) is 0 Å². The topological polar surface area (TPSA) is 55.4 Å². The van der Waals surface area contributed by atoms with Gasteiger partial charge in [0.25, 0.3) is 0 Å². The third-order valence-corrected chi connectivity index (χ3v) is 2.42. The molecule has 0 aliphatic heterocycles. The summed E-state index contributed by atoms with van der Waals surface area (Å²) in [5.41, 5.74) is 1.10. The molecule has 4 heteroatoms. The van der Waals surface area contributed by atoms with Crippen molar-refractivity contribution in [3.05, 3.63) is 35.9 Å². The van der Waals surface area contributed by atoms with Gasteiger partial charge in [-0.1, -0.05) is 30.3 Å². The van der Waals surface area contributed by atoms with Crippen molar-refractivity contribution < 1.29 is 14.3 Å². The Bertz CT molecular complexity index is 376. The third-order valence-electron chi connectivity index (χ3n) is 2.42. The molecule has 1 amide bonds. The Kier molecular flexibility index (Phi) is 5.20. The zero-order chi connectivity index (χ0) is 12.7. The van der Waals surface area contributed by atoms with Crippen molar-refractivity contribution in [2.24, 2.45) is 0 Å². The normalized spacial score (nSPS) is 11.6. The molecule has 0 unspecified atom stereocenters.